The molecule has 0 fully saturated rings. The number of nitrogens with zero attached hydrogens (tertiary/aromatic N) is 2. The molecule has 6 heteroatoms. The molecule has 2 rings (SSSR count). The summed E-state index contributed by atoms with van der Waals surface area (Å²) in [7, 11) is 0. The molecule has 2 aromatic heterocycles. The van der Waals surface area contributed by atoms with E-state index in [0.29, 0.717) is 6.54 Å². The number of hydrogen-bond acceptors (Lipinski definition) is 3. The molecule has 2 N–H and O–H groups in total. The average Bonchev–Trinajstić information content (AvgIpc) is 2.82. The lowest BCUT2D eigenvalue weighted by atomic mass is 10.4. The molecule has 0 aliphatic carbocycles. The Bertz CT molecular complexity index is 552. The Morgan fingerprint density at radius 2 is 2.32 bits per heavy atom. The molecule has 0 saturated carbocycles. The molecular weight excluding hydrogens is 260 g/mol. The van der Waals surface area contributed by atoms with Gasteiger partial charge in [0.05, 0.1) is 5.03 Å². The second kappa shape index (κ2) is 6.47. The van der Waals surface area contributed by atoms with Gasteiger partial charge in [0.2, 0.25) is 0 Å². The van der Waals surface area contributed by atoms with Gasteiger partial charge >= 0.3 is 6.03 Å². The van der Waals surface area contributed by atoms with Gasteiger partial charge in [0.1, 0.15) is 5.65 Å². The van der Waals surface area contributed by atoms with Gasteiger partial charge in [-0.25, -0.2) is 9.78 Å². The van der Waals surface area contributed by atoms with Gasteiger partial charge in [0, 0.05) is 30.7 Å². The molecule has 0 atom stereocenters. The third-order valence-electron chi connectivity index (χ3n) is 2.45. The van der Waals surface area contributed by atoms with Crippen molar-refractivity contribution in [3.05, 3.63) is 30.6 Å². The highest BCUT2D eigenvalue weighted by molar-refractivity contribution is 7.99. The summed E-state index contributed by atoms with van der Waals surface area (Å²) in [6.07, 6.45) is 3.73. The second-order valence-corrected chi connectivity index (χ2v) is 5.54. The van der Waals surface area contributed by atoms with Crippen molar-refractivity contribution >= 4 is 23.4 Å². The summed E-state index contributed by atoms with van der Waals surface area (Å²) in [6.45, 7) is 4.51. The molecule has 2 heterocycles. The Hall–Kier alpha value is -1.69. The number of thioether (sulfide) groups is 1. The van der Waals surface area contributed by atoms with Crippen LogP contribution in [-0.4, -0.2) is 33.8 Å². The molecule has 0 aliphatic heterocycles. The fourth-order valence-corrected chi connectivity index (χ4v) is 2.55. The van der Waals surface area contributed by atoms with E-state index in [9.17, 15) is 4.79 Å². The SMILES string of the molecule is CC(C)NC(=O)NCCSc1cccc2nccn12. The van der Waals surface area contributed by atoms with Crippen LogP contribution >= 0.6 is 11.8 Å². The van der Waals surface area contributed by atoms with Gasteiger partial charge in [-0.05, 0) is 26.0 Å². The lowest BCUT2D eigenvalue weighted by Gasteiger charge is -2.10. The topological polar surface area (TPSA) is 58.4 Å². The van der Waals surface area contributed by atoms with Crippen LogP contribution in [0.4, 0.5) is 4.79 Å². The molecule has 0 spiro atoms. The van der Waals surface area contributed by atoms with Crippen LogP contribution in [0, 0.1) is 0 Å². The number of hydrogen-bond donors (Lipinski definition) is 2. The van der Waals surface area contributed by atoms with Gasteiger partial charge in [-0.2, -0.15) is 0 Å². The van der Waals surface area contributed by atoms with E-state index in [2.05, 4.69) is 15.6 Å². The Balaban J connectivity index is 1.80. The van der Waals surface area contributed by atoms with Crippen LogP contribution in [-0.2, 0) is 0 Å². The van der Waals surface area contributed by atoms with Crippen LogP contribution in [0.15, 0.2) is 35.6 Å². The quantitative estimate of drug-likeness (QED) is 0.650. The first-order valence-electron chi connectivity index (χ1n) is 6.26. The summed E-state index contributed by atoms with van der Waals surface area (Å²) in [5.41, 5.74) is 0.940. The van der Waals surface area contributed by atoms with E-state index in [1.54, 1.807) is 18.0 Å². The zero-order valence-corrected chi connectivity index (χ0v) is 11.9. The van der Waals surface area contributed by atoms with Crippen molar-refractivity contribution in [3.8, 4) is 0 Å². The fourth-order valence-electron chi connectivity index (χ4n) is 1.67. The summed E-state index contributed by atoms with van der Waals surface area (Å²) >= 11 is 1.70. The summed E-state index contributed by atoms with van der Waals surface area (Å²) in [5.74, 6) is 0.822. The lowest BCUT2D eigenvalue weighted by Crippen LogP contribution is -2.40. The first kappa shape index (κ1) is 13.7. The van der Waals surface area contributed by atoms with E-state index in [0.717, 1.165) is 16.4 Å². The molecule has 0 radical (unpaired) electrons. The van der Waals surface area contributed by atoms with Crippen LogP contribution in [0.1, 0.15) is 13.8 Å². The van der Waals surface area contributed by atoms with Gasteiger partial charge in [0.15, 0.2) is 0 Å². The Morgan fingerprint density at radius 3 is 3.11 bits per heavy atom. The number of fused-ring (bicyclic) bond motifs is 1. The van der Waals surface area contributed by atoms with E-state index < -0.39 is 0 Å². The zero-order valence-electron chi connectivity index (χ0n) is 11.1. The molecule has 102 valence electrons. The molecule has 0 aromatic carbocycles. The van der Waals surface area contributed by atoms with Crippen molar-refractivity contribution in [1.29, 1.82) is 0 Å². The fraction of sp³-hybridized carbons (Fsp3) is 0.385. The number of carbonyl (C=O) groups is 1. The Labute approximate surface area is 116 Å². The van der Waals surface area contributed by atoms with Gasteiger partial charge in [-0.15, -0.1) is 11.8 Å². The number of rotatable bonds is 5. The predicted molar refractivity (Wildman–Crippen MR) is 77.6 cm³/mol. The smallest absolute Gasteiger partial charge is 0.315 e. The van der Waals surface area contributed by atoms with Crippen LogP contribution < -0.4 is 10.6 Å². The summed E-state index contributed by atoms with van der Waals surface area (Å²) < 4.78 is 2.04. The van der Waals surface area contributed by atoms with Crippen molar-refractivity contribution in [2.24, 2.45) is 0 Å². The number of aromatic nitrogens is 2. The maximum atomic E-state index is 11.4. The molecule has 2 aromatic rings. The van der Waals surface area contributed by atoms with Gasteiger partial charge in [0.25, 0.3) is 0 Å². The van der Waals surface area contributed by atoms with Gasteiger partial charge in [-0.1, -0.05) is 6.07 Å². The lowest BCUT2D eigenvalue weighted by molar-refractivity contribution is 0.239. The highest BCUT2D eigenvalue weighted by Crippen LogP contribution is 2.18. The van der Waals surface area contributed by atoms with E-state index in [4.69, 9.17) is 0 Å². The number of amides is 2. The molecule has 19 heavy (non-hydrogen) atoms. The molecular formula is C13H18N4OS. The van der Waals surface area contributed by atoms with E-state index >= 15 is 0 Å². The van der Waals surface area contributed by atoms with Crippen molar-refractivity contribution in [1.82, 2.24) is 20.0 Å². The minimum absolute atomic E-state index is 0.114. The Kier molecular flexibility index (Phi) is 4.68. The van der Waals surface area contributed by atoms with Gasteiger partial charge < -0.3 is 10.6 Å². The van der Waals surface area contributed by atoms with Crippen molar-refractivity contribution < 1.29 is 4.79 Å². The van der Waals surface area contributed by atoms with Crippen molar-refractivity contribution in [2.75, 3.05) is 12.3 Å². The summed E-state index contributed by atoms with van der Waals surface area (Å²) in [5, 5.41) is 6.75. The summed E-state index contributed by atoms with van der Waals surface area (Å²) in [4.78, 5) is 15.6. The maximum Gasteiger partial charge on any atom is 0.315 e. The van der Waals surface area contributed by atoms with Crippen LogP contribution in [0.3, 0.4) is 0 Å². The van der Waals surface area contributed by atoms with E-state index in [1.165, 1.54) is 0 Å². The number of pyridine rings is 1. The monoisotopic (exact) mass is 278 g/mol. The number of imidazole rings is 1. The molecule has 2 amide bonds. The zero-order chi connectivity index (χ0) is 13.7. The predicted octanol–water partition coefficient (Wildman–Crippen LogP) is 2.13. The van der Waals surface area contributed by atoms with E-state index in [1.807, 2.05) is 42.6 Å². The number of nitrogens with one attached hydrogen (secondary N) is 2. The van der Waals surface area contributed by atoms with Crippen LogP contribution in [0.25, 0.3) is 5.65 Å². The minimum atomic E-state index is -0.114. The highest BCUT2D eigenvalue weighted by Gasteiger charge is 2.03. The minimum Gasteiger partial charge on any atom is -0.337 e. The number of urea groups is 1. The molecule has 5 nitrogen and oxygen atoms in total. The molecule has 0 saturated heterocycles. The largest absolute Gasteiger partial charge is 0.337 e. The van der Waals surface area contributed by atoms with Crippen molar-refractivity contribution in [2.45, 2.75) is 24.9 Å². The van der Waals surface area contributed by atoms with Gasteiger partial charge in [-0.3, -0.25) is 4.40 Å². The normalized spacial score (nSPS) is 10.9. The second-order valence-electron chi connectivity index (χ2n) is 4.42. The van der Waals surface area contributed by atoms with Crippen LogP contribution in [0.2, 0.25) is 0 Å². The number of carbonyl (C=O) groups excluding carboxylic acids is 1. The third kappa shape index (κ3) is 3.89. The average molecular weight is 278 g/mol. The maximum absolute atomic E-state index is 11.4. The molecule has 0 bridgehead atoms. The summed E-state index contributed by atoms with van der Waals surface area (Å²) in [6, 6.07) is 6.05. The first-order chi connectivity index (χ1) is 9.16. The molecule has 0 aliphatic rings. The van der Waals surface area contributed by atoms with Crippen molar-refractivity contribution in [3.63, 3.8) is 0 Å². The molecule has 0 unspecified atom stereocenters. The first-order valence-corrected chi connectivity index (χ1v) is 7.24. The van der Waals surface area contributed by atoms with E-state index in [-0.39, 0.29) is 12.1 Å². The standard InChI is InChI=1S/C13H18N4OS/c1-10(2)16-13(18)15-7-9-19-12-5-3-4-11-14-6-8-17(11)12/h3-6,8,10H,7,9H2,1-2H3,(H2,15,16,18). The highest BCUT2D eigenvalue weighted by atomic mass is 32.2. The Morgan fingerprint density at radius 1 is 1.47 bits per heavy atom. The van der Waals surface area contributed by atoms with Crippen LogP contribution in [0.5, 0.6) is 0 Å². The third-order valence-corrected chi connectivity index (χ3v) is 3.49.